The molecule has 3 amide bonds. The molecular formula is C21H26N4O3. The van der Waals surface area contributed by atoms with Crippen molar-refractivity contribution in [3.8, 4) is 5.75 Å². The minimum absolute atomic E-state index is 0.323. The number of urea groups is 1. The molecule has 0 bridgehead atoms. The number of methoxy groups -OCH3 is 1. The molecule has 7 heteroatoms. The van der Waals surface area contributed by atoms with Crippen LogP contribution in [0.5, 0.6) is 5.75 Å². The smallest absolute Gasteiger partial charge is 0.321 e. The van der Waals surface area contributed by atoms with E-state index in [4.69, 9.17) is 4.74 Å². The largest absolute Gasteiger partial charge is 0.495 e. The van der Waals surface area contributed by atoms with Crippen LogP contribution < -0.4 is 20.3 Å². The molecule has 1 fully saturated rings. The van der Waals surface area contributed by atoms with Gasteiger partial charge in [0, 0.05) is 33.2 Å². The highest BCUT2D eigenvalue weighted by Crippen LogP contribution is 2.30. The third kappa shape index (κ3) is 4.43. The normalized spacial score (nSPS) is 15.6. The van der Waals surface area contributed by atoms with Crippen LogP contribution in [0.2, 0.25) is 0 Å². The van der Waals surface area contributed by atoms with E-state index in [9.17, 15) is 9.59 Å². The number of rotatable bonds is 5. The standard InChI is InChI=1S/C21H26N4O3/c1-22-21(27)23-20(26)19(16-8-4-3-5-9-16)25-14-12-24(13-15-25)17-10-6-7-11-18(17)28-2/h3-11,19H,12-15H2,1-2H3,(H2,22,23,26,27). The summed E-state index contributed by atoms with van der Waals surface area (Å²) in [5.41, 5.74) is 1.92. The van der Waals surface area contributed by atoms with Gasteiger partial charge in [-0.2, -0.15) is 0 Å². The van der Waals surface area contributed by atoms with Crippen LogP contribution >= 0.6 is 0 Å². The molecule has 0 aromatic heterocycles. The fraction of sp³-hybridized carbons (Fsp3) is 0.333. The van der Waals surface area contributed by atoms with Crippen LogP contribution in [0.1, 0.15) is 11.6 Å². The Morgan fingerprint density at radius 1 is 0.964 bits per heavy atom. The second-order valence-electron chi connectivity index (χ2n) is 6.58. The Kier molecular flexibility index (Phi) is 6.49. The molecule has 1 heterocycles. The zero-order valence-corrected chi connectivity index (χ0v) is 16.2. The van der Waals surface area contributed by atoms with Gasteiger partial charge in [0.05, 0.1) is 12.8 Å². The molecule has 0 radical (unpaired) electrons. The van der Waals surface area contributed by atoms with Gasteiger partial charge in [0.2, 0.25) is 5.91 Å². The summed E-state index contributed by atoms with van der Waals surface area (Å²) in [7, 11) is 3.16. The Morgan fingerprint density at radius 3 is 2.25 bits per heavy atom. The number of nitrogens with zero attached hydrogens (tertiary/aromatic N) is 2. The monoisotopic (exact) mass is 382 g/mol. The lowest BCUT2D eigenvalue weighted by Crippen LogP contribution is -2.52. The van der Waals surface area contributed by atoms with Crippen LogP contribution in [0.15, 0.2) is 54.6 Å². The van der Waals surface area contributed by atoms with Crippen molar-refractivity contribution >= 4 is 17.6 Å². The van der Waals surface area contributed by atoms with Crippen molar-refractivity contribution in [2.75, 3.05) is 45.2 Å². The van der Waals surface area contributed by atoms with Crippen LogP contribution in [0.4, 0.5) is 10.5 Å². The zero-order chi connectivity index (χ0) is 19.9. The summed E-state index contributed by atoms with van der Waals surface area (Å²) in [5, 5.41) is 4.86. The van der Waals surface area contributed by atoms with Gasteiger partial charge in [-0.25, -0.2) is 4.79 Å². The lowest BCUT2D eigenvalue weighted by molar-refractivity contribution is -0.125. The van der Waals surface area contributed by atoms with Gasteiger partial charge in [0.15, 0.2) is 0 Å². The molecule has 1 aliphatic rings. The Labute approximate surface area is 165 Å². The summed E-state index contributed by atoms with van der Waals surface area (Å²) in [6.07, 6.45) is 0. The number of ether oxygens (including phenoxy) is 1. The number of carbonyl (C=O) groups is 2. The maximum atomic E-state index is 12.8. The molecule has 2 aromatic rings. The van der Waals surface area contributed by atoms with Crippen molar-refractivity contribution in [3.05, 3.63) is 60.2 Å². The number of anilines is 1. The van der Waals surface area contributed by atoms with E-state index in [1.165, 1.54) is 7.05 Å². The number of imide groups is 1. The average Bonchev–Trinajstić information content (AvgIpc) is 2.75. The molecule has 0 saturated carbocycles. The number of para-hydroxylation sites is 2. The number of piperazine rings is 1. The SMILES string of the molecule is CNC(=O)NC(=O)C(c1ccccc1)N1CCN(c2ccccc2OC)CC1. The van der Waals surface area contributed by atoms with Gasteiger partial charge in [-0.15, -0.1) is 0 Å². The van der Waals surface area contributed by atoms with Crippen molar-refractivity contribution in [1.29, 1.82) is 0 Å². The predicted molar refractivity (Wildman–Crippen MR) is 109 cm³/mol. The van der Waals surface area contributed by atoms with Crippen LogP contribution in [0, 0.1) is 0 Å². The lowest BCUT2D eigenvalue weighted by Gasteiger charge is -2.40. The van der Waals surface area contributed by atoms with Crippen molar-refractivity contribution in [2.45, 2.75) is 6.04 Å². The molecular weight excluding hydrogens is 356 g/mol. The molecule has 28 heavy (non-hydrogen) atoms. The highest BCUT2D eigenvalue weighted by Gasteiger charge is 2.31. The van der Waals surface area contributed by atoms with Gasteiger partial charge in [-0.1, -0.05) is 42.5 Å². The Hall–Kier alpha value is -3.06. The summed E-state index contributed by atoms with van der Waals surface area (Å²) < 4.78 is 5.47. The molecule has 3 rings (SSSR count). The molecule has 1 atom stereocenters. The second-order valence-corrected chi connectivity index (χ2v) is 6.58. The molecule has 0 aliphatic carbocycles. The van der Waals surface area contributed by atoms with Gasteiger partial charge < -0.3 is 15.0 Å². The van der Waals surface area contributed by atoms with Gasteiger partial charge in [-0.3, -0.25) is 15.0 Å². The molecule has 0 spiro atoms. The molecule has 1 aliphatic heterocycles. The van der Waals surface area contributed by atoms with Gasteiger partial charge >= 0.3 is 6.03 Å². The Balaban J connectivity index is 1.76. The number of hydrogen-bond acceptors (Lipinski definition) is 5. The first kappa shape index (κ1) is 19.7. The Bertz CT molecular complexity index is 804. The molecule has 7 nitrogen and oxygen atoms in total. The van der Waals surface area contributed by atoms with Crippen LogP contribution in [-0.4, -0.2) is 57.2 Å². The molecule has 148 valence electrons. The zero-order valence-electron chi connectivity index (χ0n) is 16.2. The van der Waals surface area contributed by atoms with Gasteiger partial charge in [0.1, 0.15) is 11.8 Å². The average molecular weight is 382 g/mol. The first-order valence-corrected chi connectivity index (χ1v) is 9.33. The quantitative estimate of drug-likeness (QED) is 0.828. The van der Waals surface area contributed by atoms with E-state index in [1.807, 2.05) is 54.6 Å². The van der Waals surface area contributed by atoms with Crippen molar-refractivity contribution in [3.63, 3.8) is 0 Å². The van der Waals surface area contributed by atoms with Crippen LogP contribution in [0.3, 0.4) is 0 Å². The maximum absolute atomic E-state index is 12.8. The summed E-state index contributed by atoms with van der Waals surface area (Å²) >= 11 is 0. The fourth-order valence-electron chi connectivity index (χ4n) is 3.52. The van der Waals surface area contributed by atoms with E-state index in [-0.39, 0.29) is 5.91 Å². The third-order valence-electron chi connectivity index (χ3n) is 4.93. The number of carbonyl (C=O) groups excluding carboxylic acids is 2. The number of hydrogen-bond donors (Lipinski definition) is 2. The fourth-order valence-corrected chi connectivity index (χ4v) is 3.52. The van der Waals surface area contributed by atoms with E-state index >= 15 is 0 Å². The van der Waals surface area contributed by atoms with Crippen molar-refractivity contribution in [1.82, 2.24) is 15.5 Å². The van der Waals surface area contributed by atoms with E-state index < -0.39 is 12.1 Å². The molecule has 2 N–H and O–H groups in total. The molecule has 2 aromatic carbocycles. The number of benzene rings is 2. The summed E-state index contributed by atoms with van der Waals surface area (Å²) in [4.78, 5) is 28.9. The summed E-state index contributed by atoms with van der Waals surface area (Å²) in [6, 6.07) is 16.5. The first-order valence-electron chi connectivity index (χ1n) is 9.33. The molecule has 1 saturated heterocycles. The lowest BCUT2D eigenvalue weighted by atomic mass is 10.0. The first-order chi connectivity index (χ1) is 13.6. The van der Waals surface area contributed by atoms with E-state index in [2.05, 4.69) is 20.4 Å². The number of amides is 3. The Morgan fingerprint density at radius 2 is 1.61 bits per heavy atom. The van der Waals surface area contributed by atoms with Crippen LogP contribution in [0.25, 0.3) is 0 Å². The predicted octanol–water partition coefficient (Wildman–Crippen LogP) is 2.01. The second kappa shape index (κ2) is 9.23. The van der Waals surface area contributed by atoms with E-state index in [1.54, 1.807) is 7.11 Å². The number of nitrogens with one attached hydrogen (secondary N) is 2. The highest BCUT2D eigenvalue weighted by molar-refractivity contribution is 5.97. The van der Waals surface area contributed by atoms with Crippen molar-refractivity contribution < 1.29 is 14.3 Å². The van der Waals surface area contributed by atoms with Gasteiger partial charge in [-0.05, 0) is 17.7 Å². The topological polar surface area (TPSA) is 73.9 Å². The van der Waals surface area contributed by atoms with E-state index in [0.29, 0.717) is 13.1 Å². The van der Waals surface area contributed by atoms with Crippen molar-refractivity contribution in [2.24, 2.45) is 0 Å². The van der Waals surface area contributed by atoms with E-state index in [0.717, 1.165) is 30.1 Å². The summed E-state index contributed by atoms with van der Waals surface area (Å²) in [5.74, 6) is 0.518. The van der Waals surface area contributed by atoms with Gasteiger partial charge in [0.25, 0.3) is 0 Å². The minimum atomic E-state index is -0.515. The molecule has 1 unspecified atom stereocenters. The van der Waals surface area contributed by atoms with Crippen LogP contribution in [-0.2, 0) is 4.79 Å². The third-order valence-corrected chi connectivity index (χ3v) is 4.93. The highest BCUT2D eigenvalue weighted by atomic mass is 16.5. The summed E-state index contributed by atoms with van der Waals surface area (Å²) in [6.45, 7) is 2.91. The maximum Gasteiger partial charge on any atom is 0.321 e. The minimum Gasteiger partial charge on any atom is -0.495 e.